The Bertz CT molecular complexity index is 1250. The highest BCUT2D eigenvalue weighted by Crippen LogP contribution is 2.37. The predicted molar refractivity (Wildman–Crippen MR) is 134 cm³/mol. The molecule has 33 heavy (non-hydrogen) atoms. The molecular formula is C26H27FN6. The number of nitrogens with zero attached hydrogens (tertiary/aromatic N) is 5. The molecule has 0 bridgehead atoms. The highest BCUT2D eigenvalue weighted by Gasteiger charge is 2.24. The summed E-state index contributed by atoms with van der Waals surface area (Å²) in [5.41, 5.74) is 9.36. The smallest absolute Gasteiger partial charge is 0.161 e. The van der Waals surface area contributed by atoms with Crippen LogP contribution in [0.2, 0.25) is 0 Å². The Morgan fingerprint density at radius 3 is 2.33 bits per heavy atom. The van der Waals surface area contributed by atoms with Crippen molar-refractivity contribution in [3.8, 4) is 0 Å². The summed E-state index contributed by atoms with van der Waals surface area (Å²) in [4.78, 5) is 15.7. The van der Waals surface area contributed by atoms with Gasteiger partial charge >= 0.3 is 0 Å². The summed E-state index contributed by atoms with van der Waals surface area (Å²) in [6, 6.07) is 21.3. The van der Waals surface area contributed by atoms with Gasteiger partial charge in [-0.05, 0) is 42.6 Å². The average molecular weight is 443 g/mol. The number of benzene rings is 3. The van der Waals surface area contributed by atoms with Crippen molar-refractivity contribution >= 4 is 39.5 Å². The molecule has 3 aromatic carbocycles. The van der Waals surface area contributed by atoms with Crippen LogP contribution < -0.4 is 20.4 Å². The molecule has 0 saturated carbocycles. The minimum atomic E-state index is -0.217. The highest BCUT2D eigenvalue weighted by molar-refractivity contribution is 5.97. The zero-order valence-corrected chi connectivity index (χ0v) is 18.7. The maximum absolute atomic E-state index is 13.3. The van der Waals surface area contributed by atoms with E-state index < -0.39 is 0 Å². The predicted octanol–water partition coefficient (Wildman–Crippen LogP) is 4.84. The summed E-state index contributed by atoms with van der Waals surface area (Å²) in [5, 5.41) is 2.34. The number of hydrogen-bond donors (Lipinski definition) is 1. The molecule has 0 unspecified atom stereocenters. The van der Waals surface area contributed by atoms with E-state index in [1.54, 1.807) is 6.33 Å². The number of halogens is 1. The highest BCUT2D eigenvalue weighted by atomic mass is 19.1. The second-order valence-corrected chi connectivity index (χ2v) is 8.13. The van der Waals surface area contributed by atoms with Gasteiger partial charge in [0, 0.05) is 43.8 Å². The van der Waals surface area contributed by atoms with E-state index >= 15 is 0 Å². The number of fused-ring (bicyclic) bond motifs is 1. The topological polar surface area (TPSA) is 61.5 Å². The summed E-state index contributed by atoms with van der Waals surface area (Å²) in [6.07, 6.45) is 1.60. The molecule has 1 aromatic heterocycles. The Hall–Kier alpha value is -3.87. The van der Waals surface area contributed by atoms with Crippen LogP contribution in [0.1, 0.15) is 6.92 Å². The van der Waals surface area contributed by atoms with E-state index in [4.69, 9.17) is 5.73 Å². The van der Waals surface area contributed by atoms with E-state index in [2.05, 4.69) is 68.0 Å². The van der Waals surface area contributed by atoms with E-state index in [9.17, 15) is 4.39 Å². The van der Waals surface area contributed by atoms with Gasteiger partial charge in [-0.2, -0.15) is 0 Å². The molecule has 0 atom stereocenters. The molecule has 168 valence electrons. The van der Waals surface area contributed by atoms with E-state index in [1.165, 1.54) is 17.5 Å². The summed E-state index contributed by atoms with van der Waals surface area (Å²) in [7, 11) is 0. The van der Waals surface area contributed by atoms with Crippen molar-refractivity contribution in [3.05, 3.63) is 78.9 Å². The molecular weight excluding hydrogens is 415 g/mol. The summed E-state index contributed by atoms with van der Waals surface area (Å²) in [5.74, 6) is 1.27. The van der Waals surface area contributed by atoms with Gasteiger partial charge in [0.2, 0.25) is 0 Å². The van der Waals surface area contributed by atoms with Gasteiger partial charge in [0.1, 0.15) is 17.8 Å². The Morgan fingerprint density at radius 2 is 1.58 bits per heavy atom. The van der Waals surface area contributed by atoms with Crippen LogP contribution >= 0.6 is 0 Å². The van der Waals surface area contributed by atoms with Crippen molar-refractivity contribution in [2.24, 2.45) is 0 Å². The van der Waals surface area contributed by atoms with Gasteiger partial charge in [-0.1, -0.05) is 36.4 Å². The standard InChI is InChI=1S/C26H27FN6/c1-2-33(23-9-5-7-19-6-3-4-8-22(19)23)26-24(28)25(29-18-30-26)32-16-14-31(15-17-32)21-12-10-20(27)11-13-21/h3-13,18H,2,14-17,28H2,1H3. The van der Waals surface area contributed by atoms with Crippen molar-refractivity contribution in [3.63, 3.8) is 0 Å². The summed E-state index contributed by atoms with van der Waals surface area (Å²) in [6.45, 7) is 6.00. The fourth-order valence-electron chi connectivity index (χ4n) is 4.55. The lowest BCUT2D eigenvalue weighted by Gasteiger charge is -2.37. The number of anilines is 5. The first kappa shape index (κ1) is 21.0. The van der Waals surface area contributed by atoms with Crippen LogP contribution in [0.25, 0.3) is 10.8 Å². The third kappa shape index (κ3) is 4.02. The molecule has 1 fully saturated rings. The van der Waals surface area contributed by atoms with Gasteiger partial charge in [0.05, 0.1) is 5.69 Å². The van der Waals surface area contributed by atoms with Gasteiger partial charge in [-0.15, -0.1) is 0 Å². The van der Waals surface area contributed by atoms with Gasteiger partial charge < -0.3 is 20.4 Å². The van der Waals surface area contributed by atoms with Crippen LogP contribution in [-0.2, 0) is 0 Å². The number of hydrogen-bond acceptors (Lipinski definition) is 6. The van der Waals surface area contributed by atoms with Crippen LogP contribution in [0, 0.1) is 5.82 Å². The van der Waals surface area contributed by atoms with Crippen molar-refractivity contribution in [1.82, 2.24) is 9.97 Å². The first-order chi connectivity index (χ1) is 16.2. The molecule has 6 nitrogen and oxygen atoms in total. The molecule has 0 aliphatic carbocycles. The maximum Gasteiger partial charge on any atom is 0.161 e. The molecule has 0 radical (unpaired) electrons. The van der Waals surface area contributed by atoms with Crippen LogP contribution in [-0.4, -0.2) is 42.7 Å². The first-order valence-electron chi connectivity index (χ1n) is 11.3. The van der Waals surface area contributed by atoms with E-state index in [1.807, 2.05) is 18.2 Å². The Kier molecular flexibility index (Phi) is 5.69. The fourth-order valence-corrected chi connectivity index (χ4v) is 4.55. The second-order valence-electron chi connectivity index (χ2n) is 8.13. The summed E-state index contributed by atoms with van der Waals surface area (Å²) < 4.78 is 13.3. The van der Waals surface area contributed by atoms with Crippen LogP contribution in [0.4, 0.5) is 33.1 Å². The first-order valence-corrected chi connectivity index (χ1v) is 11.3. The molecule has 1 aliphatic heterocycles. The molecule has 2 N–H and O–H groups in total. The average Bonchev–Trinajstić information content (AvgIpc) is 2.86. The van der Waals surface area contributed by atoms with Crippen LogP contribution in [0.5, 0.6) is 0 Å². The second kappa shape index (κ2) is 8.94. The van der Waals surface area contributed by atoms with Crippen LogP contribution in [0.15, 0.2) is 73.1 Å². The Labute approximate surface area is 193 Å². The van der Waals surface area contributed by atoms with Gasteiger partial charge in [0.25, 0.3) is 0 Å². The van der Waals surface area contributed by atoms with Crippen molar-refractivity contribution in [2.75, 3.05) is 53.2 Å². The molecule has 5 rings (SSSR count). The zero-order chi connectivity index (χ0) is 22.8. The van der Waals surface area contributed by atoms with Gasteiger partial charge in [0.15, 0.2) is 11.6 Å². The minimum absolute atomic E-state index is 0.217. The fraction of sp³-hybridized carbons (Fsp3) is 0.231. The number of nitrogen functional groups attached to an aromatic ring is 1. The Balaban J connectivity index is 1.41. The van der Waals surface area contributed by atoms with Crippen molar-refractivity contribution < 1.29 is 4.39 Å². The Morgan fingerprint density at radius 1 is 0.879 bits per heavy atom. The lowest BCUT2D eigenvalue weighted by atomic mass is 10.1. The quantitative estimate of drug-likeness (QED) is 0.477. The van der Waals surface area contributed by atoms with Gasteiger partial charge in [-0.25, -0.2) is 14.4 Å². The molecule has 4 aromatic rings. The van der Waals surface area contributed by atoms with E-state index in [0.29, 0.717) is 5.69 Å². The zero-order valence-electron chi connectivity index (χ0n) is 18.7. The van der Waals surface area contributed by atoms with Crippen molar-refractivity contribution in [2.45, 2.75) is 6.92 Å². The van der Waals surface area contributed by atoms with Gasteiger partial charge in [-0.3, -0.25) is 0 Å². The van der Waals surface area contributed by atoms with Crippen LogP contribution in [0.3, 0.4) is 0 Å². The largest absolute Gasteiger partial charge is 0.393 e. The van der Waals surface area contributed by atoms with Crippen molar-refractivity contribution in [1.29, 1.82) is 0 Å². The number of nitrogens with two attached hydrogens (primary N) is 1. The molecule has 2 heterocycles. The minimum Gasteiger partial charge on any atom is -0.393 e. The van der Waals surface area contributed by atoms with E-state index in [0.717, 1.165) is 61.1 Å². The summed E-state index contributed by atoms with van der Waals surface area (Å²) >= 11 is 0. The lowest BCUT2D eigenvalue weighted by Crippen LogP contribution is -2.47. The molecule has 1 saturated heterocycles. The normalized spacial score (nSPS) is 14.0. The molecule has 0 amide bonds. The number of piperazine rings is 1. The lowest BCUT2D eigenvalue weighted by molar-refractivity contribution is 0.624. The molecule has 1 aliphatic rings. The SMILES string of the molecule is CCN(c1ncnc(N2CCN(c3ccc(F)cc3)CC2)c1N)c1cccc2ccccc12. The third-order valence-electron chi connectivity index (χ3n) is 6.24. The number of aromatic nitrogens is 2. The monoisotopic (exact) mass is 442 g/mol. The maximum atomic E-state index is 13.3. The number of rotatable bonds is 5. The molecule has 0 spiro atoms. The van der Waals surface area contributed by atoms with E-state index in [-0.39, 0.29) is 5.82 Å². The molecule has 7 heteroatoms. The third-order valence-corrected chi connectivity index (χ3v) is 6.24.